The Bertz CT molecular complexity index is 1210. The molecule has 0 aliphatic carbocycles. The molecule has 0 spiro atoms. The van der Waals surface area contributed by atoms with Gasteiger partial charge in [-0.1, -0.05) is 93.6 Å². The highest BCUT2D eigenvalue weighted by Crippen LogP contribution is 2.34. The van der Waals surface area contributed by atoms with E-state index in [2.05, 4.69) is 72.6 Å². The second-order valence-corrected chi connectivity index (χ2v) is 10.9. The van der Waals surface area contributed by atoms with Crippen molar-refractivity contribution in [2.24, 2.45) is 0 Å². The zero-order valence-corrected chi connectivity index (χ0v) is 24.9. The smallest absolute Gasteiger partial charge is 0.412 e. The van der Waals surface area contributed by atoms with Gasteiger partial charge in [0.2, 0.25) is 0 Å². The van der Waals surface area contributed by atoms with Gasteiger partial charge in [-0.3, -0.25) is 4.90 Å². The molecule has 0 aromatic heterocycles. The fourth-order valence-corrected chi connectivity index (χ4v) is 5.38. The first-order valence-electron chi connectivity index (χ1n) is 15.4. The van der Waals surface area contributed by atoms with Crippen molar-refractivity contribution < 1.29 is 14.3 Å². The van der Waals surface area contributed by atoms with Crippen LogP contribution in [0.4, 0.5) is 4.79 Å². The summed E-state index contributed by atoms with van der Waals surface area (Å²) in [5.41, 5.74) is 5.67. The van der Waals surface area contributed by atoms with E-state index in [0.29, 0.717) is 18.9 Å². The van der Waals surface area contributed by atoms with Crippen LogP contribution in [0, 0.1) is 0 Å². The highest BCUT2D eigenvalue weighted by atomic mass is 16.6. The maximum absolute atomic E-state index is 12.2. The van der Waals surface area contributed by atoms with Crippen LogP contribution in [0.15, 0.2) is 78.9 Å². The third-order valence-corrected chi connectivity index (χ3v) is 7.75. The molecule has 41 heavy (non-hydrogen) atoms. The summed E-state index contributed by atoms with van der Waals surface area (Å²) >= 11 is 0. The predicted octanol–water partition coefficient (Wildman–Crippen LogP) is 8.59. The Balaban J connectivity index is 1.44. The van der Waals surface area contributed by atoms with E-state index < -0.39 is 6.09 Å². The average molecular weight is 555 g/mol. The lowest BCUT2D eigenvalue weighted by molar-refractivity contribution is 0.200. The molecular weight excluding hydrogens is 508 g/mol. The number of nitrogens with one attached hydrogen (secondary N) is 1. The number of allylic oxidation sites excluding steroid dienone is 1. The van der Waals surface area contributed by atoms with Gasteiger partial charge in [-0.2, -0.15) is 0 Å². The van der Waals surface area contributed by atoms with Gasteiger partial charge in [0.25, 0.3) is 0 Å². The van der Waals surface area contributed by atoms with Crippen molar-refractivity contribution in [1.29, 1.82) is 0 Å². The molecule has 0 radical (unpaired) electrons. The lowest BCUT2D eigenvalue weighted by atomic mass is 9.90. The Kier molecular flexibility index (Phi) is 12.3. The number of unbranched alkanes of at least 4 members (excludes halogenated alkanes) is 3. The number of nitrogens with zero attached hydrogens (tertiary/aromatic N) is 1. The first-order valence-corrected chi connectivity index (χ1v) is 15.4. The summed E-state index contributed by atoms with van der Waals surface area (Å²) in [6, 6.07) is 26.6. The first kappa shape index (κ1) is 30.4. The van der Waals surface area contributed by atoms with E-state index in [4.69, 9.17) is 9.47 Å². The standard InChI is InChI=1S/C36H46N2O3/c1-3-4-5-11-24-37-36(39)41-34-22-18-32(19-23-34)35(29(2)30-14-9-8-10-15-30)31-16-20-33(21-17-31)40-28-27-38-25-12-6-7-13-26-38/h8-10,14-23H,3-7,11-13,24-28H2,1-2H3,(H,37,39)/b35-29-. The van der Waals surface area contributed by atoms with Gasteiger partial charge in [-0.15, -0.1) is 0 Å². The van der Waals surface area contributed by atoms with Crippen molar-refractivity contribution in [3.05, 3.63) is 95.6 Å². The zero-order chi connectivity index (χ0) is 28.7. The number of hydrogen-bond acceptors (Lipinski definition) is 4. The lowest BCUT2D eigenvalue weighted by Gasteiger charge is -2.20. The highest BCUT2D eigenvalue weighted by molar-refractivity contribution is 5.98. The van der Waals surface area contributed by atoms with Crippen LogP contribution in [0.2, 0.25) is 0 Å². The van der Waals surface area contributed by atoms with E-state index >= 15 is 0 Å². The van der Waals surface area contributed by atoms with Gasteiger partial charge >= 0.3 is 6.09 Å². The van der Waals surface area contributed by atoms with Gasteiger partial charge < -0.3 is 14.8 Å². The minimum absolute atomic E-state index is 0.406. The Morgan fingerprint density at radius 3 is 2.02 bits per heavy atom. The second-order valence-electron chi connectivity index (χ2n) is 10.9. The van der Waals surface area contributed by atoms with Crippen LogP contribution in [0.5, 0.6) is 11.5 Å². The van der Waals surface area contributed by atoms with Crippen molar-refractivity contribution in [3.63, 3.8) is 0 Å². The Labute approximate surface area is 246 Å². The van der Waals surface area contributed by atoms with E-state index in [1.54, 1.807) is 0 Å². The maximum Gasteiger partial charge on any atom is 0.412 e. The van der Waals surface area contributed by atoms with Gasteiger partial charge in [-0.25, -0.2) is 4.79 Å². The number of likely N-dealkylation sites (tertiary alicyclic amines) is 1. The molecule has 1 saturated heterocycles. The topological polar surface area (TPSA) is 50.8 Å². The summed E-state index contributed by atoms with van der Waals surface area (Å²) in [5.74, 6) is 1.43. The summed E-state index contributed by atoms with van der Waals surface area (Å²) in [6.45, 7) is 9.02. The van der Waals surface area contributed by atoms with Crippen molar-refractivity contribution in [2.45, 2.75) is 65.2 Å². The van der Waals surface area contributed by atoms with Crippen molar-refractivity contribution in [1.82, 2.24) is 10.2 Å². The molecule has 5 heteroatoms. The molecule has 218 valence electrons. The molecule has 3 aromatic carbocycles. The number of hydrogen-bond donors (Lipinski definition) is 1. The molecule has 5 nitrogen and oxygen atoms in total. The van der Waals surface area contributed by atoms with E-state index in [1.807, 2.05) is 30.3 Å². The SMILES string of the molecule is CCCCCCNC(=O)Oc1ccc(/C(=C(/C)c2ccccc2)c2ccc(OCCN3CCCCCC3)cc2)cc1. The fraction of sp³-hybridized carbons (Fsp3) is 0.417. The van der Waals surface area contributed by atoms with Crippen molar-refractivity contribution >= 4 is 17.2 Å². The van der Waals surface area contributed by atoms with Crippen LogP contribution in [0.25, 0.3) is 11.1 Å². The fourth-order valence-electron chi connectivity index (χ4n) is 5.38. The van der Waals surface area contributed by atoms with E-state index in [1.165, 1.54) is 62.8 Å². The molecule has 1 aliphatic heterocycles. The van der Waals surface area contributed by atoms with Gasteiger partial charge in [0, 0.05) is 13.1 Å². The van der Waals surface area contributed by atoms with E-state index in [-0.39, 0.29) is 0 Å². The lowest BCUT2D eigenvalue weighted by Crippen LogP contribution is -2.29. The van der Waals surface area contributed by atoms with Crippen molar-refractivity contribution in [3.8, 4) is 11.5 Å². The van der Waals surface area contributed by atoms with Crippen LogP contribution in [0.3, 0.4) is 0 Å². The van der Waals surface area contributed by atoms with E-state index in [0.717, 1.165) is 41.8 Å². The molecular formula is C36H46N2O3. The molecule has 0 unspecified atom stereocenters. The summed E-state index contributed by atoms with van der Waals surface area (Å²) in [4.78, 5) is 14.8. The average Bonchev–Trinajstić information content (AvgIpc) is 3.28. The van der Waals surface area contributed by atoms with Gasteiger partial charge in [0.05, 0.1) is 0 Å². The third kappa shape index (κ3) is 9.79. The number of carbonyl (C=O) groups is 1. The molecule has 1 aliphatic rings. The predicted molar refractivity (Wildman–Crippen MR) is 169 cm³/mol. The highest BCUT2D eigenvalue weighted by Gasteiger charge is 2.13. The molecule has 0 bridgehead atoms. The Morgan fingerprint density at radius 1 is 0.756 bits per heavy atom. The van der Waals surface area contributed by atoms with Gasteiger partial charge in [-0.05, 0) is 91.4 Å². The summed E-state index contributed by atoms with van der Waals surface area (Å²) in [7, 11) is 0. The van der Waals surface area contributed by atoms with Gasteiger partial charge in [0.15, 0.2) is 0 Å². The number of ether oxygens (including phenoxy) is 2. The number of rotatable bonds is 13. The number of benzene rings is 3. The molecule has 1 heterocycles. The van der Waals surface area contributed by atoms with Gasteiger partial charge in [0.1, 0.15) is 18.1 Å². The van der Waals surface area contributed by atoms with Crippen LogP contribution in [-0.4, -0.2) is 43.8 Å². The molecule has 0 saturated carbocycles. The number of carbonyl (C=O) groups excluding carboxylic acids is 1. The summed E-state index contributed by atoms with van der Waals surface area (Å²) in [5, 5.41) is 2.85. The number of amides is 1. The zero-order valence-electron chi connectivity index (χ0n) is 24.9. The molecule has 3 aromatic rings. The Morgan fingerprint density at radius 2 is 1.39 bits per heavy atom. The van der Waals surface area contributed by atoms with Crippen molar-refractivity contribution in [2.75, 3.05) is 32.8 Å². The molecule has 0 atom stereocenters. The molecule has 4 rings (SSSR count). The third-order valence-electron chi connectivity index (χ3n) is 7.75. The van der Waals surface area contributed by atoms with Crippen LogP contribution >= 0.6 is 0 Å². The quantitative estimate of drug-likeness (QED) is 0.170. The van der Waals surface area contributed by atoms with Crippen LogP contribution in [-0.2, 0) is 0 Å². The largest absolute Gasteiger partial charge is 0.492 e. The molecule has 1 fully saturated rings. The second kappa shape index (κ2) is 16.6. The Hall–Kier alpha value is -3.57. The van der Waals surface area contributed by atoms with Crippen LogP contribution in [0.1, 0.15) is 81.9 Å². The summed E-state index contributed by atoms with van der Waals surface area (Å²) < 4.78 is 11.6. The molecule has 1 N–H and O–H groups in total. The minimum Gasteiger partial charge on any atom is -0.492 e. The molecule has 1 amide bonds. The monoisotopic (exact) mass is 554 g/mol. The summed E-state index contributed by atoms with van der Waals surface area (Å²) in [6.07, 6.45) is 9.33. The normalized spacial score (nSPS) is 14.6. The van der Waals surface area contributed by atoms with E-state index in [9.17, 15) is 4.79 Å². The first-order chi connectivity index (χ1) is 20.1. The van der Waals surface area contributed by atoms with Crippen LogP contribution < -0.4 is 14.8 Å². The maximum atomic E-state index is 12.2. The minimum atomic E-state index is -0.406.